The van der Waals surface area contributed by atoms with E-state index in [9.17, 15) is 9.59 Å². The number of esters is 1. The van der Waals surface area contributed by atoms with Crippen LogP contribution in [0.25, 0.3) is 21.1 Å². The predicted octanol–water partition coefficient (Wildman–Crippen LogP) is 4.21. The second kappa shape index (κ2) is 7.51. The lowest BCUT2D eigenvalue weighted by Crippen LogP contribution is -2.13. The third-order valence-corrected chi connectivity index (χ3v) is 5.19. The lowest BCUT2D eigenvalue weighted by Gasteiger charge is -2.02. The molecule has 3 aromatic rings. The summed E-state index contributed by atoms with van der Waals surface area (Å²) >= 11 is 3.07. The van der Waals surface area contributed by atoms with Crippen LogP contribution in [0.5, 0.6) is 0 Å². The van der Waals surface area contributed by atoms with E-state index < -0.39 is 5.97 Å². The number of ketones is 1. The molecule has 0 N–H and O–H groups in total. The number of thiophene rings is 1. The second-order valence-corrected chi connectivity index (χ2v) is 7.20. The highest BCUT2D eigenvalue weighted by Gasteiger charge is 2.18. The van der Waals surface area contributed by atoms with Gasteiger partial charge in [-0.3, -0.25) is 9.59 Å². The van der Waals surface area contributed by atoms with Gasteiger partial charge in [0.1, 0.15) is 11.6 Å². The Hall–Kier alpha value is -2.31. The van der Waals surface area contributed by atoms with Crippen molar-refractivity contribution in [2.75, 3.05) is 6.61 Å². The van der Waals surface area contributed by atoms with Crippen molar-refractivity contribution in [3.63, 3.8) is 0 Å². The lowest BCUT2D eigenvalue weighted by molar-refractivity contribution is -0.146. The van der Waals surface area contributed by atoms with E-state index in [1.165, 1.54) is 18.3 Å². The van der Waals surface area contributed by atoms with Crippen LogP contribution in [-0.4, -0.2) is 23.3 Å². The Kier molecular flexibility index (Phi) is 5.17. The number of benzene rings is 1. The quantitative estimate of drug-likeness (QED) is 0.620. The molecule has 0 saturated carbocycles. The number of hydrogen-bond acceptors (Lipinski definition) is 6. The number of carbonyl (C=O) groups is 2. The molecule has 0 atom stereocenters. The molecule has 2 heterocycles. The molecule has 0 radical (unpaired) electrons. The van der Waals surface area contributed by atoms with Gasteiger partial charge in [0.15, 0.2) is 5.78 Å². The molecule has 2 aromatic heterocycles. The van der Waals surface area contributed by atoms with Gasteiger partial charge in [0.25, 0.3) is 0 Å². The molecule has 122 valence electrons. The summed E-state index contributed by atoms with van der Waals surface area (Å²) < 4.78 is 4.99. The number of Topliss-reactive ketones (excluding diaryl/α,β-unsaturated/α-hetero) is 1. The van der Waals surface area contributed by atoms with Crippen LogP contribution >= 0.6 is 22.7 Å². The van der Waals surface area contributed by atoms with Gasteiger partial charge in [-0.2, -0.15) is 0 Å². The Morgan fingerprint density at radius 3 is 2.58 bits per heavy atom. The van der Waals surface area contributed by atoms with E-state index in [4.69, 9.17) is 9.72 Å². The highest BCUT2D eigenvalue weighted by molar-refractivity contribution is 7.17. The molecular formula is C18H15NO3S2. The highest BCUT2D eigenvalue weighted by atomic mass is 32.1. The molecule has 0 unspecified atom stereocenters. The van der Waals surface area contributed by atoms with Crippen molar-refractivity contribution in [2.45, 2.75) is 13.3 Å². The zero-order valence-corrected chi connectivity index (χ0v) is 14.7. The third-order valence-electron chi connectivity index (χ3n) is 3.21. The van der Waals surface area contributed by atoms with Crippen LogP contribution in [0.3, 0.4) is 0 Å². The van der Waals surface area contributed by atoms with Crippen LogP contribution in [0.15, 0.2) is 47.8 Å². The van der Waals surface area contributed by atoms with Gasteiger partial charge in [-0.05, 0) is 18.4 Å². The first-order chi connectivity index (χ1) is 11.6. The molecule has 6 heteroatoms. The van der Waals surface area contributed by atoms with Crippen LogP contribution < -0.4 is 0 Å². The standard InChI is InChI=1S/C18H15NO3S2/c1-12(20)11-22-16(21)10-15-17(14-8-5-9-23-14)19-18(24-15)13-6-3-2-4-7-13/h2-9H,10-11H2,1H3. The Bertz CT molecular complexity index is 839. The smallest absolute Gasteiger partial charge is 0.311 e. The van der Waals surface area contributed by atoms with E-state index in [2.05, 4.69) is 0 Å². The molecule has 0 aliphatic rings. The summed E-state index contributed by atoms with van der Waals surface area (Å²) in [6, 6.07) is 13.8. The summed E-state index contributed by atoms with van der Waals surface area (Å²) in [6.45, 7) is 1.21. The van der Waals surface area contributed by atoms with Crippen molar-refractivity contribution >= 4 is 34.4 Å². The fourth-order valence-corrected chi connectivity index (χ4v) is 4.02. The fraction of sp³-hybridized carbons (Fsp3) is 0.167. The number of aromatic nitrogens is 1. The zero-order valence-electron chi connectivity index (χ0n) is 13.0. The first-order valence-corrected chi connectivity index (χ1v) is 9.07. The minimum absolute atomic E-state index is 0.116. The van der Waals surface area contributed by atoms with Crippen molar-refractivity contribution in [3.8, 4) is 21.1 Å². The van der Waals surface area contributed by atoms with E-state index in [-0.39, 0.29) is 18.8 Å². The largest absolute Gasteiger partial charge is 0.457 e. The first-order valence-electron chi connectivity index (χ1n) is 7.37. The van der Waals surface area contributed by atoms with E-state index in [1.807, 2.05) is 47.8 Å². The molecule has 0 fully saturated rings. The molecule has 3 rings (SSSR count). The summed E-state index contributed by atoms with van der Waals surface area (Å²) in [6.07, 6.45) is 0.116. The summed E-state index contributed by atoms with van der Waals surface area (Å²) in [4.78, 5) is 29.5. The Labute approximate surface area is 147 Å². The van der Waals surface area contributed by atoms with Crippen molar-refractivity contribution in [2.24, 2.45) is 0 Å². The summed E-state index contributed by atoms with van der Waals surface area (Å²) in [5.41, 5.74) is 1.83. The number of nitrogens with zero attached hydrogens (tertiary/aromatic N) is 1. The molecule has 4 nitrogen and oxygen atoms in total. The number of hydrogen-bond donors (Lipinski definition) is 0. The van der Waals surface area contributed by atoms with Gasteiger partial charge in [-0.1, -0.05) is 36.4 Å². The van der Waals surface area contributed by atoms with Gasteiger partial charge in [0.05, 0.1) is 17.0 Å². The molecule has 0 bridgehead atoms. The van der Waals surface area contributed by atoms with Crippen molar-refractivity contribution in [1.29, 1.82) is 0 Å². The molecule has 1 aromatic carbocycles. The Morgan fingerprint density at radius 1 is 1.12 bits per heavy atom. The van der Waals surface area contributed by atoms with Gasteiger partial charge in [-0.25, -0.2) is 4.98 Å². The number of ether oxygens (including phenoxy) is 1. The zero-order chi connectivity index (χ0) is 16.9. The van der Waals surface area contributed by atoms with Crippen LogP contribution in [0.4, 0.5) is 0 Å². The van der Waals surface area contributed by atoms with Crippen LogP contribution in [0.2, 0.25) is 0 Å². The van der Waals surface area contributed by atoms with E-state index >= 15 is 0 Å². The van der Waals surface area contributed by atoms with Gasteiger partial charge >= 0.3 is 5.97 Å². The summed E-state index contributed by atoms with van der Waals surface area (Å²) in [7, 11) is 0. The van der Waals surface area contributed by atoms with Crippen LogP contribution in [-0.2, 0) is 20.7 Å². The topological polar surface area (TPSA) is 56.3 Å². The maximum atomic E-state index is 12.0. The summed E-state index contributed by atoms with van der Waals surface area (Å²) in [5.74, 6) is -0.581. The normalized spacial score (nSPS) is 10.5. The van der Waals surface area contributed by atoms with E-state index in [1.54, 1.807) is 11.3 Å². The lowest BCUT2D eigenvalue weighted by atomic mass is 10.2. The van der Waals surface area contributed by atoms with Crippen LogP contribution in [0, 0.1) is 0 Å². The van der Waals surface area contributed by atoms with Crippen molar-refractivity contribution < 1.29 is 14.3 Å². The first kappa shape index (κ1) is 16.5. The maximum Gasteiger partial charge on any atom is 0.311 e. The van der Waals surface area contributed by atoms with Gasteiger partial charge in [0, 0.05) is 10.4 Å². The Morgan fingerprint density at radius 2 is 1.92 bits per heavy atom. The van der Waals surface area contributed by atoms with E-state index in [0.29, 0.717) is 0 Å². The number of carbonyl (C=O) groups excluding carboxylic acids is 2. The molecule has 0 saturated heterocycles. The molecule has 0 spiro atoms. The highest BCUT2D eigenvalue weighted by Crippen LogP contribution is 2.36. The molecule has 0 aliphatic carbocycles. The summed E-state index contributed by atoms with van der Waals surface area (Å²) in [5, 5.41) is 2.85. The van der Waals surface area contributed by atoms with Crippen LogP contribution in [0.1, 0.15) is 11.8 Å². The second-order valence-electron chi connectivity index (χ2n) is 5.17. The minimum atomic E-state index is -0.411. The van der Waals surface area contributed by atoms with Crippen molar-refractivity contribution in [1.82, 2.24) is 4.98 Å². The predicted molar refractivity (Wildman–Crippen MR) is 96.2 cm³/mol. The fourth-order valence-electron chi connectivity index (χ4n) is 2.15. The third kappa shape index (κ3) is 3.96. The minimum Gasteiger partial charge on any atom is -0.457 e. The number of thiazole rings is 1. The Balaban J connectivity index is 1.90. The molecule has 24 heavy (non-hydrogen) atoms. The van der Waals surface area contributed by atoms with Gasteiger partial charge in [-0.15, -0.1) is 22.7 Å². The average Bonchev–Trinajstić information content (AvgIpc) is 3.23. The SMILES string of the molecule is CC(=O)COC(=O)Cc1sc(-c2ccccc2)nc1-c1cccs1. The average molecular weight is 357 g/mol. The molecular weight excluding hydrogens is 342 g/mol. The van der Waals surface area contributed by atoms with Crippen molar-refractivity contribution in [3.05, 3.63) is 52.7 Å². The molecule has 0 amide bonds. The van der Waals surface area contributed by atoms with Gasteiger partial charge < -0.3 is 4.74 Å². The number of rotatable bonds is 6. The van der Waals surface area contributed by atoms with Gasteiger partial charge in [0.2, 0.25) is 0 Å². The molecule has 0 aliphatic heterocycles. The maximum absolute atomic E-state index is 12.0. The monoisotopic (exact) mass is 357 g/mol. The van der Waals surface area contributed by atoms with E-state index in [0.717, 1.165) is 26.0 Å².